The van der Waals surface area contributed by atoms with Gasteiger partial charge in [0.15, 0.2) is 0 Å². The summed E-state index contributed by atoms with van der Waals surface area (Å²) in [6, 6.07) is 18.5. The maximum absolute atomic E-state index is 9.10. The van der Waals surface area contributed by atoms with Crippen molar-refractivity contribution in [3.8, 4) is 16.9 Å². The molecule has 0 fully saturated rings. The maximum atomic E-state index is 9.10. The Bertz CT molecular complexity index is 665. The van der Waals surface area contributed by atoms with Crippen LogP contribution < -0.4 is 15.8 Å². The molecule has 0 unspecified atom stereocenters. The molecule has 2 rings (SSSR count). The molecule has 0 aliphatic rings. The third kappa shape index (κ3) is 8.27. The number of para-hydroxylation sites is 1. The van der Waals surface area contributed by atoms with Gasteiger partial charge in [0.05, 0.1) is 6.61 Å². The lowest BCUT2D eigenvalue weighted by Crippen LogP contribution is -2.24. The number of hydrogen-bond donors (Lipinski definition) is 4. The van der Waals surface area contributed by atoms with Gasteiger partial charge in [-0.3, -0.25) is 0 Å². The Balaban J connectivity index is 0.000000487. The minimum Gasteiger partial charge on any atom is -0.493 e. The van der Waals surface area contributed by atoms with E-state index in [0.29, 0.717) is 13.2 Å². The number of carboxylic acid groups (broad SMARTS) is 2. The van der Waals surface area contributed by atoms with Crippen LogP contribution in [0.25, 0.3) is 11.1 Å². The van der Waals surface area contributed by atoms with Gasteiger partial charge < -0.3 is 26.0 Å². The molecule has 0 aliphatic carbocycles. The largest absolute Gasteiger partial charge is 0.493 e. The van der Waals surface area contributed by atoms with Crippen molar-refractivity contribution < 1.29 is 24.5 Å². The number of rotatable bonds is 8. The highest BCUT2D eigenvalue weighted by Crippen LogP contribution is 2.29. The molecule has 2 aromatic carbocycles. The molecule has 0 saturated heterocycles. The van der Waals surface area contributed by atoms with Gasteiger partial charge in [-0.1, -0.05) is 48.5 Å². The number of benzene rings is 2. The van der Waals surface area contributed by atoms with Crippen LogP contribution in [0.15, 0.2) is 54.6 Å². The first-order chi connectivity index (χ1) is 12.6. The number of hydrogen-bond acceptors (Lipinski definition) is 5. The topological polar surface area (TPSA) is 122 Å². The Morgan fingerprint density at radius 2 is 1.54 bits per heavy atom. The quantitative estimate of drug-likeness (QED) is 0.418. The zero-order chi connectivity index (χ0) is 19.2. The molecule has 0 spiro atoms. The van der Waals surface area contributed by atoms with Crippen molar-refractivity contribution in [3.63, 3.8) is 0 Å². The smallest absolute Gasteiger partial charge is 0.414 e. The molecule has 0 bridgehead atoms. The fourth-order valence-electron chi connectivity index (χ4n) is 2.06. The van der Waals surface area contributed by atoms with Crippen LogP contribution in [0.5, 0.6) is 5.75 Å². The Morgan fingerprint density at radius 1 is 0.923 bits per heavy atom. The lowest BCUT2D eigenvalue weighted by molar-refractivity contribution is -0.159. The highest BCUT2D eigenvalue weighted by Gasteiger charge is 2.05. The van der Waals surface area contributed by atoms with E-state index in [4.69, 9.17) is 30.3 Å². The molecule has 0 aromatic heterocycles. The third-order valence-electron chi connectivity index (χ3n) is 3.23. The summed E-state index contributed by atoms with van der Waals surface area (Å²) >= 11 is 0. The van der Waals surface area contributed by atoms with Gasteiger partial charge in [-0.2, -0.15) is 0 Å². The van der Waals surface area contributed by atoms with E-state index in [0.717, 1.165) is 30.8 Å². The van der Waals surface area contributed by atoms with E-state index in [1.165, 1.54) is 5.56 Å². The summed E-state index contributed by atoms with van der Waals surface area (Å²) in [6.07, 6.45) is 0.975. The second kappa shape index (κ2) is 12.5. The summed E-state index contributed by atoms with van der Waals surface area (Å²) in [7, 11) is 0. The zero-order valence-electron chi connectivity index (χ0n) is 14.4. The van der Waals surface area contributed by atoms with Gasteiger partial charge in [0, 0.05) is 18.7 Å². The highest BCUT2D eigenvalue weighted by molar-refractivity contribution is 6.27. The lowest BCUT2D eigenvalue weighted by atomic mass is 10.1. The Labute approximate surface area is 152 Å². The SMILES string of the molecule is NCCNCCCOc1ccccc1-c1ccccc1.O=C(O)C(=O)O. The van der Waals surface area contributed by atoms with Crippen LogP contribution in [0.2, 0.25) is 0 Å². The average Bonchev–Trinajstić information content (AvgIpc) is 2.66. The number of ether oxygens (including phenoxy) is 1. The number of carbonyl (C=O) groups is 2. The summed E-state index contributed by atoms with van der Waals surface area (Å²) in [5, 5.41) is 18.0. The molecule has 0 aliphatic heterocycles. The first-order valence-electron chi connectivity index (χ1n) is 8.20. The van der Waals surface area contributed by atoms with Crippen molar-refractivity contribution in [2.75, 3.05) is 26.2 Å². The fraction of sp³-hybridized carbons (Fsp3) is 0.263. The van der Waals surface area contributed by atoms with Crippen molar-refractivity contribution in [2.24, 2.45) is 5.73 Å². The molecule has 0 amide bonds. The van der Waals surface area contributed by atoms with Crippen LogP contribution in [-0.2, 0) is 9.59 Å². The van der Waals surface area contributed by atoms with Gasteiger partial charge in [0.2, 0.25) is 0 Å². The molecule has 140 valence electrons. The first kappa shape index (κ1) is 21.1. The summed E-state index contributed by atoms with van der Waals surface area (Å²) in [6.45, 7) is 3.18. The zero-order valence-corrected chi connectivity index (χ0v) is 14.4. The van der Waals surface area contributed by atoms with E-state index >= 15 is 0 Å². The normalized spacial score (nSPS) is 9.73. The van der Waals surface area contributed by atoms with Crippen molar-refractivity contribution in [2.45, 2.75) is 6.42 Å². The maximum Gasteiger partial charge on any atom is 0.414 e. The standard InChI is InChI=1S/C17H22N2O.C2H2O4/c18-11-13-19-12-6-14-20-17-10-5-4-9-16(17)15-7-2-1-3-8-15;3-1(4)2(5)6/h1-5,7-10,19H,6,11-14,18H2;(H,3,4)(H,5,6). The minimum absolute atomic E-state index is 0.678. The van der Waals surface area contributed by atoms with E-state index in [1.54, 1.807) is 0 Å². The van der Waals surface area contributed by atoms with Crippen molar-refractivity contribution in [3.05, 3.63) is 54.6 Å². The third-order valence-corrected chi connectivity index (χ3v) is 3.23. The molecule has 0 radical (unpaired) electrons. The molecule has 0 atom stereocenters. The van der Waals surface area contributed by atoms with Crippen LogP contribution in [0, 0.1) is 0 Å². The Hall–Kier alpha value is -2.90. The Kier molecular flexibility index (Phi) is 10.1. The molecule has 7 heteroatoms. The van der Waals surface area contributed by atoms with Crippen LogP contribution >= 0.6 is 0 Å². The molecule has 5 N–H and O–H groups in total. The monoisotopic (exact) mass is 360 g/mol. The summed E-state index contributed by atoms with van der Waals surface area (Å²) < 4.78 is 5.90. The lowest BCUT2D eigenvalue weighted by Gasteiger charge is -2.11. The van der Waals surface area contributed by atoms with Crippen LogP contribution in [0.4, 0.5) is 0 Å². The molecule has 0 saturated carbocycles. The molecule has 0 heterocycles. The van der Waals surface area contributed by atoms with Gasteiger partial charge in [-0.05, 0) is 24.6 Å². The molecule has 7 nitrogen and oxygen atoms in total. The van der Waals surface area contributed by atoms with Crippen LogP contribution in [0.3, 0.4) is 0 Å². The van der Waals surface area contributed by atoms with Gasteiger partial charge >= 0.3 is 11.9 Å². The van der Waals surface area contributed by atoms with Gasteiger partial charge in [-0.15, -0.1) is 0 Å². The van der Waals surface area contributed by atoms with Crippen LogP contribution in [0.1, 0.15) is 6.42 Å². The summed E-state index contributed by atoms with van der Waals surface area (Å²) in [5.74, 6) is -2.71. The van der Waals surface area contributed by atoms with Crippen molar-refractivity contribution in [1.82, 2.24) is 5.32 Å². The van der Waals surface area contributed by atoms with Crippen molar-refractivity contribution in [1.29, 1.82) is 0 Å². The predicted molar refractivity (Wildman–Crippen MR) is 99.2 cm³/mol. The molecule has 2 aromatic rings. The minimum atomic E-state index is -1.82. The number of aliphatic carboxylic acids is 2. The second-order valence-electron chi connectivity index (χ2n) is 5.21. The average molecular weight is 360 g/mol. The summed E-state index contributed by atoms with van der Waals surface area (Å²) in [5.41, 5.74) is 7.75. The van der Waals surface area contributed by atoms with E-state index in [2.05, 4.69) is 23.5 Å². The van der Waals surface area contributed by atoms with Crippen LogP contribution in [-0.4, -0.2) is 48.4 Å². The molecular weight excluding hydrogens is 336 g/mol. The van der Waals surface area contributed by atoms with Gasteiger partial charge in [0.1, 0.15) is 5.75 Å². The predicted octanol–water partition coefficient (Wildman–Crippen LogP) is 1.83. The fourth-order valence-corrected chi connectivity index (χ4v) is 2.06. The van der Waals surface area contributed by atoms with Crippen molar-refractivity contribution >= 4 is 11.9 Å². The summed E-state index contributed by atoms with van der Waals surface area (Å²) in [4.78, 5) is 18.2. The van der Waals surface area contributed by atoms with E-state index in [9.17, 15) is 0 Å². The molecular formula is C19H24N2O5. The number of carboxylic acids is 2. The van der Waals surface area contributed by atoms with E-state index < -0.39 is 11.9 Å². The number of nitrogens with one attached hydrogen (secondary N) is 1. The van der Waals surface area contributed by atoms with E-state index in [-0.39, 0.29) is 0 Å². The molecule has 26 heavy (non-hydrogen) atoms. The number of nitrogens with two attached hydrogens (primary N) is 1. The van der Waals surface area contributed by atoms with Gasteiger partial charge in [-0.25, -0.2) is 9.59 Å². The Morgan fingerprint density at radius 3 is 2.15 bits per heavy atom. The first-order valence-corrected chi connectivity index (χ1v) is 8.20. The van der Waals surface area contributed by atoms with E-state index in [1.807, 2.05) is 36.4 Å². The van der Waals surface area contributed by atoms with Gasteiger partial charge in [0.25, 0.3) is 0 Å². The highest BCUT2D eigenvalue weighted by atomic mass is 16.5. The second-order valence-corrected chi connectivity index (χ2v) is 5.21.